The molecule has 2 fully saturated rings. The molecule has 2 aromatic rings. The standard InChI is InChI=1S/C26H24Cl2F7N3O4/c1-23(22(41)42)6-4-12(5-7-23)38-20(25(30,31)32)13(11-36-38)21(40)37-17(24(8-9-24)26(33,34)35)10-16(39)18-14(27)2-3-15(29)19(18)28/h2-3,11-12,17H,4-10H2,1H3,(H,37,40)(H,41,42). The maximum absolute atomic E-state index is 14.2. The van der Waals surface area contributed by atoms with Crippen LogP contribution in [0.15, 0.2) is 18.3 Å². The van der Waals surface area contributed by atoms with Crippen LogP contribution in [0.5, 0.6) is 0 Å². The molecule has 1 aromatic heterocycles. The number of ketones is 1. The largest absolute Gasteiger partial charge is 0.481 e. The quantitative estimate of drug-likeness (QED) is 0.179. The highest BCUT2D eigenvalue weighted by Crippen LogP contribution is 2.60. The predicted molar refractivity (Wildman–Crippen MR) is 135 cm³/mol. The van der Waals surface area contributed by atoms with Crippen LogP contribution in [-0.4, -0.2) is 44.8 Å². The summed E-state index contributed by atoms with van der Waals surface area (Å²) in [5, 5.41) is 14.0. The number of carboxylic acid groups (broad SMARTS) is 1. The third-order valence-electron chi connectivity index (χ3n) is 8.27. The number of halogens is 9. The van der Waals surface area contributed by atoms with Crippen LogP contribution in [0.25, 0.3) is 0 Å². The van der Waals surface area contributed by atoms with Crippen molar-refractivity contribution in [3.63, 3.8) is 0 Å². The van der Waals surface area contributed by atoms with Gasteiger partial charge in [-0.25, -0.2) is 4.39 Å². The number of Topliss-reactive ketones (excluding diaryl/α,β-unsaturated/α-hetero) is 1. The Labute approximate surface area is 244 Å². The molecule has 0 spiro atoms. The van der Waals surface area contributed by atoms with Gasteiger partial charge in [-0.05, 0) is 57.6 Å². The first-order chi connectivity index (χ1) is 19.3. The number of aliphatic carboxylic acids is 1. The van der Waals surface area contributed by atoms with Gasteiger partial charge in [-0.2, -0.15) is 31.4 Å². The first kappa shape index (κ1) is 32.1. The normalized spacial score (nSPS) is 22.9. The van der Waals surface area contributed by atoms with E-state index in [9.17, 15) is 50.2 Å². The molecule has 2 N–H and O–H groups in total. The third kappa shape index (κ3) is 5.84. The molecule has 42 heavy (non-hydrogen) atoms. The molecule has 16 heteroatoms. The van der Waals surface area contributed by atoms with Crippen LogP contribution in [-0.2, 0) is 11.0 Å². The summed E-state index contributed by atoms with van der Waals surface area (Å²) in [6.07, 6.45) is -11.6. The molecular weight excluding hydrogens is 622 g/mol. The van der Waals surface area contributed by atoms with Crippen molar-refractivity contribution in [1.82, 2.24) is 15.1 Å². The van der Waals surface area contributed by atoms with E-state index in [1.807, 2.05) is 5.32 Å². The van der Waals surface area contributed by atoms with Crippen molar-refractivity contribution in [2.75, 3.05) is 0 Å². The Kier molecular flexibility index (Phi) is 8.39. The van der Waals surface area contributed by atoms with Crippen LogP contribution in [0.2, 0.25) is 10.0 Å². The van der Waals surface area contributed by atoms with Crippen LogP contribution in [0, 0.1) is 16.6 Å². The minimum absolute atomic E-state index is 0.00190. The number of hydrogen-bond acceptors (Lipinski definition) is 4. The van der Waals surface area contributed by atoms with Crippen LogP contribution in [0.3, 0.4) is 0 Å². The highest BCUT2D eigenvalue weighted by Gasteiger charge is 2.68. The number of carbonyl (C=O) groups excluding carboxylic acids is 2. The molecule has 230 valence electrons. The molecule has 0 radical (unpaired) electrons. The number of alkyl halides is 6. The van der Waals surface area contributed by atoms with Gasteiger partial charge in [0, 0.05) is 6.42 Å². The van der Waals surface area contributed by atoms with E-state index >= 15 is 0 Å². The number of carboxylic acids is 1. The van der Waals surface area contributed by atoms with E-state index in [1.54, 1.807) is 0 Å². The average Bonchev–Trinajstić information content (AvgIpc) is 3.58. The summed E-state index contributed by atoms with van der Waals surface area (Å²) >= 11 is 11.8. The summed E-state index contributed by atoms with van der Waals surface area (Å²) in [6, 6.07) is -1.16. The second-order valence-corrected chi connectivity index (χ2v) is 11.8. The van der Waals surface area contributed by atoms with Crippen LogP contribution >= 0.6 is 23.2 Å². The van der Waals surface area contributed by atoms with Gasteiger partial charge in [-0.1, -0.05) is 23.2 Å². The van der Waals surface area contributed by atoms with E-state index in [0.29, 0.717) is 10.9 Å². The summed E-state index contributed by atoms with van der Waals surface area (Å²) in [4.78, 5) is 37.7. The van der Waals surface area contributed by atoms with E-state index in [0.717, 1.165) is 12.1 Å². The van der Waals surface area contributed by atoms with Gasteiger partial charge >= 0.3 is 18.3 Å². The van der Waals surface area contributed by atoms with Crippen molar-refractivity contribution < 1.29 is 50.2 Å². The number of nitrogens with one attached hydrogen (secondary N) is 1. The van der Waals surface area contributed by atoms with Crippen LogP contribution < -0.4 is 5.32 Å². The molecule has 1 aromatic carbocycles. The monoisotopic (exact) mass is 645 g/mol. The molecule has 2 aliphatic rings. The number of aromatic nitrogens is 2. The van der Waals surface area contributed by atoms with Crippen molar-refractivity contribution >= 4 is 40.9 Å². The SMILES string of the molecule is CC1(C(=O)O)CCC(n2ncc(C(=O)NC(CC(=O)c3c(Cl)ccc(F)c3Cl)C3(C(F)(F)F)CC3)c2C(F)(F)F)CC1. The highest BCUT2D eigenvalue weighted by atomic mass is 35.5. The van der Waals surface area contributed by atoms with E-state index < -0.39 is 99.8 Å². The Hall–Kier alpha value is -2.87. The number of rotatable bonds is 8. The molecule has 1 atom stereocenters. The lowest BCUT2D eigenvalue weighted by atomic mass is 9.74. The Balaban J connectivity index is 1.66. The second kappa shape index (κ2) is 11.0. The molecule has 0 bridgehead atoms. The topological polar surface area (TPSA) is 101 Å². The lowest BCUT2D eigenvalue weighted by Gasteiger charge is -2.34. The zero-order valence-electron chi connectivity index (χ0n) is 21.8. The average molecular weight is 646 g/mol. The van der Waals surface area contributed by atoms with Crippen molar-refractivity contribution in [2.24, 2.45) is 10.8 Å². The molecule has 0 aliphatic heterocycles. The number of hydrogen-bond donors (Lipinski definition) is 2. The van der Waals surface area contributed by atoms with Gasteiger partial charge in [0.2, 0.25) is 0 Å². The molecule has 2 aliphatic carbocycles. The van der Waals surface area contributed by atoms with Gasteiger partial charge in [0.1, 0.15) is 5.82 Å². The van der Waals surface area contributed by atoms with Gasteiger partial charge < -0.3 is 10.4 Å². The molecular formula is C26H24Cl2F7N3O4. The van der Waals surface area contributed by atoms with Gasteiger partial charge in [0.15, 0.2) is 11.5 Å². The molecule has 1 unspecified atom stereocenters. The zero-order valence-corrected chi connectivity index (χ0v) is 23.3. The van der Waals surface area contributed by atoms with Gasteiger partial charge in [-0.3, -0.25) is 19.1 Å². The molecule has 2 saturated carbocycles. The minimum atomic E-state index is -5.16. The lowest BCUT2D eigenvalue weighted by Crippen LogP contribution is -2.49. The van der Waals surface area contributed by atoms with Crippen molar-refractivity contribution in [1.29, 1.82) is 0 Å². The highest BCUT2D eigenvalue weighted by molar-refractivity contribution is 6.39. The summed E-state index contributed by atoms with van der Waals surface area (Å²) in [6.45, 7) is 1.47. The maximum atomic E-state index is 14.2. The number of carbonyl (C=O) groups is 3. The lowest BCUT2D eigenvalue weighted by molar-refractivity contribution is -0.194. The predicted octanol–water partition coefficient (Wildman–Crippen LogP) is 7.27. The Morgan fingerprint density at radius 3 is 2.19 bits per heavy atom. The molecule has 4 rings (SSSR count). The number of benzene rings is 1. The first-order valence-electron chi connectivity index (χ1n) is 12.7. The zero-order chi connectivity index (χ0) is 31.4. The first-order valence-corrected chi connectivity index (χ1v) is 13.5. The van der Waals surface area contributed by atoms with Crippen LogP contribution in [0.1, 0.15) is 84.3 Å². The number of amides is 1. The third-order valence-corrected chi connectivity index (χ3v) is 8.95. The Bertz CT molecular complexity index is 1410. The summed E-state index contributed by atoms with van der Waals surface area (Å²) < 4.78 is 99.5. The van der Waals surface area contributed by atoms with E-state index in [4.69, 9.17) is 23.2 Å². The summed E-state index contributed by atoms with van der Waals surface area (Å²) in [5.74, 6) is -4.88. The van der Waals surface area contributed by atoms with Crippen LogP contribution in [0.4, 0.5) is 30.7 Å². The molecule has 0 saturated heterocycles. The Morgan fingerprint density at radius 1 is 1.10 bits per heavy atom. The fourth-order valence-corrected chi connectivity index (χ4v) is 6.02. The summed E-state index contributed by atoms with van der Waals surface area (Å²) in [7, 11) is 0. The Morgan fingerprint density at radius 2 is 1.69 bits per heavy atom. The van der Waals surface area contributed by atoms with Crippen molar-refractivity contribution in [2.45, 2.75) is 76.3 Å². The fraction of sp³-hybridized carbons (Fsp3) is 0.538. The van der Waals surface area contributed by atoms with Gasteiger partial charge in [0.05, 0.1) is 50.3 Å². The smallest absolute Gasteiger partial charge is 0.433 e. The minimum Gasteiger partial charge on any atom is -0.481 e. The van der Waals surface area contributed by atoms with E-state index in [2.05, 4.69) is 5.10 Å². The van der Waals surface area contributed by atoms with Gasteiger partial charge in [-0.15, -0.1) is 0 Å². The maximum Gasteiger partial charge on any atom is 0.433 e. The van der Waals surface area contributed by atoms with Crippen molar-refractivity contribution in [3.8, 4) is 0 Å². The fourth-order valence-electron chi connectivity index (χ4n) is 5.44. The van der Waals surface area contributed by atoms with E-state index in [1.165, 1.54) is 6.92 Å². The molecule has 7 nitrogen and oxygen atoms in total. The molecule has 1 amide bonds. The molecule has 1 heterocycles. The van der Waals surface area contributed by atoms with Gasteiger partial charge in [0.25, 0.3) is 5.91 Å². The van der Waals surface area contributed by atoms with E-state index in [-0.39, 0.29) is 30.7 Å². The van der Waals surface area contributed by atoms with Crippen molar-refractivity contribution in [3.05, 3.63) is 51.0 Å². The summed E-state index contributed by atoms with van der Waals surface area (Å²) in [5.41, 5.74) is -6.96. The second-order valence-electron chi connectivity index (χ2n) is 11.0. The number of nitrogens with zero attached hydrogens (tertiary/aromatic N) is 2.